The normalized spacial score (nSPS) is 10.0. The van der Waals surface area contributed by atoms with Gasteiger partial charge >= 0.3 is 0 Å². The molecule has 0 aliphatic heterocycles. The van der Waals surface area contributed by atoms with E-state index in [1.807, 2.05) is 35.7 Å². The Balaban J connectivity index is 2.85. The molecule has 0 aliphatic carbocycles. The predicted octanol–water partition coefficient (Wildman–Crippen LogP) is 1.51. The summed E-state index contributed by atoms with van der Waals surface area (Å²) in [7, 11) is 0. The van der Waals surface area contributed by atoms with E-state index in [0.29, 0.717) is 5.69 Å². The smallest absolute Gasteiger partial charge is 0.159 e. The Labute approximate surface area is 69.9 Å². The molecule has 0 aromatic carbocycles. The first-order valence-electron chi connectivity index (χ1n) is 3.65. The van der Waals surface area contributed by atoms with Crippen molar-refractivity contribution in [3.63, 3.8) is 0 Å². The van der Waals surface area contributed by atoms with Gasteiger partial charge in [-0.05, 0) is 18.6 Å². The van der Waals surface area contributed by atoms with Crippen LogP contribution in [0, 0.1) is 18.3 Å². The molecule has 0 N–H and O–H groups in total. The van der Waals surface area contributed by atoms with Crippen molar-refractivity contribution in [2.45, 2.75) is 6.92 Å². The molecule has 0 radical (unpaired) electrons. The number of aryl methyl sites for hydroxylation is 1. The largest absolute Gasteiger partial charge is 0.305 e. The van der Waals surface area contributed by atoms with Crippen molar-refractivity contribution in [1.82, 2.24) is 9.38 Å². The molecule has 12 heavy (non-hydrogen) atoms. The van der Waals surface area contributed by atoms with Crippen molar-refractivity contribution in [3.05, 3.63) is 35.8 Å². The van der Waals surface area contributed by atoms with Gasteiger partial charge in [0.15, 0.2) is 5.69 Å². The first kappa shape index (κ1) is 6.86. The van der Waals surface area contributed by atoms with Gasteiger partial charge in [-0.1, -0.05) is 6.07 Å². The third kappa shape index (κ3) is 0.857. The second-order valence-electron chi connectivity index (χ2n) is 2.66. The van der Waals surface area contributed by atoms with E-state index in [-0.39, 0.29) is 0 Å². The number of imidazole rings is 1. The third-order valence-electron chi connectivity index (χ3n) is 1.79. The highest BCUT2D eigenvalue weighted by molar-refractivity contribution is 5.49. The first-order chi connectivity index (χ1) is 5.81. The van der Waals surface area contributed by atoms with Gasteiger partial charge in [-0.3, -0.25) is 0 Å². The quantitative estimate of drug-likeness (QED) is 0.581. The Kier molecular flexibility index (Phi) is 1.34. The van der Waals surface area contributed by atoms with Crippen LogP contribution in [0.1, 0.15) is 11.3 Å². The van der Waals surface area contributed by atoms with E-state index < -0.39 is 0 Å². The zero-order valence-electron chi connectivity index (χ0n) is 6.65. The van der Waals surface area contributed by atoms with Crippen LogP contribution in [0.25, 0.3) is 5.65 Å². The Morgan fingerprint density at radius 1 is 1.58 bits per heavy atom. The van der Waals surface area contributed by atoms with Gasteiger partial charge in [-0.2, -0.15) is 5.26 Å². The maximum Gasteiger partial charge on any atom is 0.159 e. The molecule has 0 aliphatic rings. The minimum Gasteiger partial charge on any atom is -0.305 e. The second-order valence-corrected chi connectivity index (χ2v) is 2.66. The van der Waals surface area contributed by atoms with Crippen LogP contribution in [0.2, 0.25) is 0 Å². The highest BCUT2D eigenvalue weighted by Crippen LogP contribution is 2.08. The summed E-state index contributed by atoms with van der Waals surface area (Å²) in [5.74, 6) is 0. The van der Waals surface area contributed by atoms with E-state index in [0.717, 1.165) is 11.2 Å². The fourth-order valence-electron chi connectivity index (χ4n) is 1.21. The molecule has 58 valence electrons. The maximum absolute atomic E-state index is 8.60. The molecule has 0 saturated heterocycles. The Hall–Kier alpha value is -1.82. The van der Waals surface area contributed by atoms with Gasteiger partial charge in [0.1, 0.15) is 11.7 Å². The van der Waals surface area contributed by atoms with E-state index in [2.05, 4.69) is 4.98 Å². The SMILES string of the molecule is Cc1cccn2cc(C#N)nc12. The maximum atomic E-state index is 8.60. The number of pyridine rings is 1. The monoisotopic (exact) mass is 157 g/mol. The minimum absolute atomic E-state index is 0.462. The van der Waals surface area contributed by atoms with Crippen molar-refractivity contribution in [2.24, 2.45) is 0 Å². The Morgan fingerprint density at radius 2 is 2.42 bits per heavy atom. The van der Waals surface area contributed by atoms with Crippen LogP contribution in [-0.4, -0.2) is 9.38 Å². The first-order valence-corrected chi connectivity index (χ1v) is 3.65. The summed E-state index contributed by atoms with van der Waals surface area (Å²) >= 11 is 0. The second kappa shape index (κ2) is 2.35. The number of fused-ring (bicyclic) bond motifs is 1. The average Bonchev–Trinajstić information content (AvgIpc) is 2.49. The number of hydrogen-bond acceptors (Lipinski definition) is 2. The van der Waals surface area contributed by atoms with Crippen LogP contribution >= 0.6 is 0 Å². The van der Waals surface area contributed by atoms with Gasteiger partial charge in [0, 0.05) is 12.4 Å². The van der Waals surface area contributed by atoms with Gasteiger partial charge in [0.25, 0.3) is 0 Å². The van der Waals surface area contributed by atoms with Gasteiger partial charge in [-0.25, -0.2) is 4.98 Å². The van der Waals surface area contributed by atoms with Crippen LogP contribution in [0.5, 0.6) is 0 Å². The molecule has 2 aromatic rings. The summed E-state index contributed by atoms with van der Waals surface area (Å²) in [6, 6.07) is 5.92. The number of rotatable bonds is 0. The molecule has 0 spiro atoms. The molecule has 2 aromatic heterocycles. The predicted molar refractivity (Wildman–Crippen MR) is 44.6 cm³/mol. The molecule has 0 bridgehead atoms. The lowest BCUT2D eigenvalue weighted by Crippen LogP contribution is -1.83. The summed E-state index contributed by atoms with van der Waals surface area (Å²) in [4.78, 5) is 4.13. The van der Waals surface area contributed by atoms with Crippen LogP contribution in [-0.2, 0) is 0 Å². The molecular weight excluding hydrogens is 150 g/mol. The molecule has 0 saturated carbocycles. The molecule has 0 atom stereocenters. The molecule has 3 heteroatoms. The standard InChI is InChI=1S/C9H7N3/c1-7-3-2-4-12-6-8(5-10)11-9(7)12/h2-4,6H,1H3. The molecule has 0 unspecified atom stereocenters. The van der Waals surface area contributed by atoms with E-state index in [4.69, 9.17) is 5.26 Å². The summed E-state index contributed by atoms with van der Waals surface area (Å²) in [5, 5.41) is 8.60. The van der Waals surface area contributed by atoms with Crippen molar-refractivity contribution in [2.75, 3.05) is 0 Å². The van der Waals surface area contributed by atoms with Crippen LogP contribution < -0.4 is 0 Å². The van der Waals surface area contributed by atoms with Crippen molar-refractivity contribution >= 4 is 5.65 Å². The average molecular weight is 157 g/mol. The molecule has 3 nitrogen and oxygen atoms in total. The van der Waals surface area contributed by atoms with Crippen LogP contribution in [0.15, 0.2) is 24.5 Å². The fraction of sp³-hybridized carbons (Fsp3) is 0.111. The van der Waals surface area contributed by atoms with E-state index >= 15 is 0 Å². The zero-order chi connectivity index (χ0) is 8.55. The summed E-state index contributed by atoms with van der Waals surface area (Å²) in [6.07, 6.45) is 3.61. The highest BCUT2D eigenvalue weighted by Gasteiger charge is 2.00. The summed E-state index contributed by atoms with van der Waals surface area (Å²) in [5.41, 5.74) is 2.40. The Morgan fingerprint density at radius 3 is 3.08 bits per heavy atom. The van der Waals surface area contributed by atoms with Crippen molar-refractivity contribution in [1.29, 1.82) is 5.26 Å². The lowest BCUT2D eigenvalue weighted by atomic mass is 10.3. The molecular formula is C9H7N3. The fourth-order valence-corrected chi connectivity index (χ4v) is 1.21. The number of nitrogens with zero attached hydrogens (tertiary/aromatic N) is 3. The number of hydrogen-bond donors (Lipinski definition) is 0. The lowest BCUT2D eigenvalue weighted by molar-refractivity contribution is 1.16. The van der Waals surface area contributed by atoms with Crippen LogP contribution in [0.3, 0.4) is 0 Å². The summed E-state index contributed by atoms with van der Waals surface area (Å²) in [6.45, 7) is 1.98. The molecule has 2 heterocycles. The van der Waals surface area contributed by atoms with Crippen molar-refractivity contribution < 1.29 is 0 Å². The van der Waals surface area contributed by atoms with Gasteiger partial charge in [-0.15, -0.1) is 0 Å². The number of aromatic nitrogens is 2. The van der Waals surface area contributed by atoms with Crippen LogP contribution in [0.4, 0.5) is 0 Å². The van der Waals surface area contributed by atoms with Crippen molar-refractivity contribution in [3.8, 4) is 6.07 Å². The zero-order valence-corrected chi connectivity index (χ0v) is 6.65. The highest BCUT2D eigenvalue weighted by atomic mass is 15.0. The minimum atomic E-state index is 0.462. The molecule has 2 rings (SSSR count). The van der Waals surface area contributed by atoms with E-state index in [9.17, 15) is 0 Å². The Bertz CT molecular complexity index is 462. The molecule has 0 amide bonds. The topological polar surface area (TPSA) is 41.1 Å². The van der Waals surface area contributed by atoms with E-state index in [1.165, 1.54) is 0 Å². The van der Waals surface area contributed by atoms with Gasteiger partial charge in [0.05, 0.1) is 0 Å². The number of nitriles is 1. The lowest BCUT2D eigenvalue weighted by Gasteiger charge is -1.93. The summed E-state index contributed by atoms with van der Waals surface area (Å²) < 4.78 is 1.86. The van der Waals surface area contributed by atoms with E-state index in [1.54, 1.807) is 6.20 Å². The molecule has 0 fully saturated rings. The third-order valence-corrected chi connectivity index (χ3v) is 1.79. The van der Waals surface area contributed by atoms with Gasteiger partial charge in [0.2, 0.25) is 0 Å². The van der Waals surface area contributed by atoms with Gasteiger partial charge < -0.3 is 4.40 Å².